The Kier molecular flexibility index (Phi) is 1.86. The number of hydrogen-bond acceptors (Lipinski definition) is 2. The number of rotatable bonds is 2. The molecule has 0 unspecified atom stereocenters. The van der Waals surface area contributed by atoms with Gasteiger partial charge in [0.15, 0.2) is 0 Å². The van der Waals surface area contributed by atoms with E-state index in [-0.39, 0.29) is 0 Å². The standard InChI is InChI=1S/C6H12O2/c1-7-5-3-4-6(5)8-2/h5-6H,3-4H2,1-2H3/t5-,6+. The van der Waals surface area contributed by atoms with E-state index in [2.05, 4.69) is 0 Å². The fourth-order valence-corrected chi connectivity index (χ4v) is 0.978. The van der Waals surface area contributed by atoms with E-state index in [0.717, 1.165) is 12.8 Å². The van der Waals surface area contributed by atoms with Crippen molar-refractivity contribution in [1.82, 2.24) is 0 Å². The Morgan fingerprint density at radius 2 is 1.38 bits per heavy atom. The van der Waals surface area contributed by atoms with Crippen molar-refractivity contribution in [2.24, 2.45) is 0 Å². The molecule has 0 radical (unpaired) electrons. The van der Waals surface area contributed by atoms with E-state index >= 15 is 0 Å². The lowest BCUT2D eigenvalue weighted by molar-refractivity contribution is -0.0961. The molecule has 2 atom stereocenters. The maximum Gasteiger partial charge on any atom is 0.0833 e. The van der Waals surface area contributed by atoms with Gasteiger partial charge < -0.3 is 9.47 Å². The van der Waals surface area contributed by atoms with Crippen molar-refractivity contribution >= 4 is 0 Å². The summed E-state index contributed by atoms with van der Waals surface area (Å²) >= 11 is 0. The lowest BCUT2D eigenvalue weighted by atomic mass is 9.92. The molecule has 1 aliphatic carbocycles. The van der Waals surface area contributed by atoms with E-state index in [1.54, 1.807) is 14.2 Å². The third-order valence-corrected chi connectivity index (χ3v) is 1.76. The van der Waals surface area contributed by atoms with Crippen LogP contribution in [0.5, 0.6) is 0 Å². The van der Waals surface area contributed by atoms with Crippen LogP contribution in [0, 0.1) is 0 Å². The van der Waals surface area contributed by atoms with Crippen molar-refractivity contribution in [2.45, 2.75) is 25.0 Å². The Morgan fingerprint density at radius 3 is 1.50 bits per heavy atom. The van der Waals surface area contributed by atoms with Gasteiger partial charge in [-0.05, 0) is 12.8 Å². The van der Waals surface area contributed by atoms with Crippen LogP contribution in [-0.4, -0.2) is 26.4 Å². The predicted molar refractivity (Wildman–Crippen MR) is 30.8 cm³/mol. The van der Waals surface area contributed by atoms with Crippen molar-refractivity contribution in [3.8, 4) is 0 Å². The zero-order valence-electron chi connectivity index (χ0n) is 5.39. The van der Waals surface area contributed by atoms with Gasteiger partial charge >= 0.3 is 0 Å². The quantitative estimate of drug-likeness (QED) is 0.531. The zero-order chi connectivity index (χ0) is 5.98. The fraction of sp³-hybridized carbons (Fsp3) is 1.00. The lowest BCUT2D eigenvalue weighted by Gasteiger charge is -2.33. The van der Waals surface area contributed by atoms with Gasteiger partial charge in [-0.2, -0.15) is 0 Å². The maximum atomic E-state index is 5.06. The Bertz CT molecular complexity index is 58.9. The predicted octanol–water partition coefficient (Wildman–Crippen LogP) is 0.810. The number of methoxy groups -OCH3 is 2. The smallest absolute Gasteiger partial charge is 0.0833 e. The second-order valence-electron chi connectivity index (χ2n) is 2.13. The second-order valence-corrected chi connectivity index (χ2v) is 2.13. The SMILES string of the molecule is CO[C@H]1CC[C@H]1OC. The minimum atomic E-state index is 0.375. The van der Waals surface area contributed by atoms with Crippen molar-refractivity contribution in [1.29, 1.82) is 0 Å². The largest absolute Gasteiger partial charge is 0.379 e. The molecule has 0 aromatic rings. The molecule has 0 spiro atoms. The summed E-state index contributed by atoms with van der Waals surface area (Å²) < 4.78 is 10.1. The topological polar surface area (TPSA) is 18.5 Å². The third kappa shape index (κ3) is 0.858. The summed E-state index contributed by atoms with van der Waals surface area (Å²) in [6.07, 6.45) is 3.07. The highest BCUT2D eigenvalue weighted by Crippen LogP contribution is 2.24. The van der Waals surface area contributed by atoms with Gasteiger partial charge in [0.25, 0.3) is 0 Å². The summed E-state index contributed by atoms with van der Waals surface area (Å²) in [7, 11) is 3.46. The van der Waals surface area contributed by atoms with Crippen molar-refractivity contribution in [3.63, 3.8) is 0 Å². The van der Waals surface area contributed by atoms with Crippen LogP contribution in [0.15, 0.2) is 0 Å². The van der Waals surface area contributed by atoms with Gasteiger partial charge in [-0.1, -0.05) is 0 Å². The summed E-state index contributed by atoms with van der Waals surface area (Å²) in [6, 6.07) is 0. The molecule has 0 N–H and O–H groups in total. The molecule has 2 heteroatoms. The summed E-state index contributed by atoms with van der Waals surface area (Å²) in [5.74, 6) is 0. The van der Waals surface area contributed by atoms with Crippen molar-refractivity contribution < 1.29 is 9.47 Å². The normalized spacial score (nSPS) is 36.8. The Morgan fingerprint density at radius 1 is 1.00 bits per heavy atom. The van der Waals surface area contributed by atoms with Gasteiger partial charge in [-0.15, -0.1) is 0 Å². The maximum absolute atomic E-state index is 5.06. The molecule has 0 amide bonds. The molecule has 0 heterocycles. The van der Waals surface area contributed by atoms with Crippen LogP contribution in [0.3, 0.4) is 0 Å². The van der Waals surface area contributed by atoms with Crippen LogP contribution in [0.25, 0.3) is 0 Å². The molecule has 0 aromatic carbocycles. The van der Waals surface area contributed by atoms with Crippen LogP contribution < -0.4 is 0 Å². The van der Waals surface area contributed by atoms with Crippen molar-refractivity contribution in [3.05, 3.63) is 0 Å². The highest BCUT2D eigenvalue weighted by molar-refractivity contribution is 4.81. The molecule has 0 bridgehead atoms. The third-order valence-electron chi connectivity index (χ3n) is 1.76. The molecule has 48 valence electrons. The molecule has 1 fully saturated rings. The first-order chi connectivity index (χ1) is 3.88. The van der Waals surface area contributed by atoms with Gasteiger partial charge in [0.05, 0.1) is 12.2 Å². The van der Waals surface area contributed by atoms with Crippen LogP contribution in [0.1, 0.15) is 12.8 Å². The van der Waals surface area contributed by atoms with Gasteiger partial charge in [0.2, 0.25) is 0 Å². The van der Waals surface area contributed by atoms with Crippen LogP contribution in [0.2, 0.25) is 0 Å². The van der Waals surface area contributed by atoms with E-state index < -0.39 is 0 Å². The molecule has 1 aliphatic rings. The average Bonchev–Trinajstić information content (AvgIpc) is 1.66. The number of hydrogen-bond donors (Lipinski definition) is 0. The Balaban J connectivity index is 2.16. The highest BCUT2D eigenvalue weighted by atomic mass is 16.5. The molecule has 1 rings (SSSR count). The molecular weight excluding hydrogens is 104 g/mol. The van der Waals surface area contributed by atoms with Crippen LogP contribution >= 0.6 is 0 Å². The van der Waals surface area contributed by atoms with Crippen LogP contribution in [0.4, 0.5) is 0 Å². The summed E-state index contributed by atoms with van der Waals surface area (Å²) in [6.45, 7) is 0. The minimum Gasteiger partial charge on any atom is -0.379 e. The highest BCUT2D eigenvalue weighted by Gasteiger charge is 2.30. The van der Waals surface area contributed by atoms with E-state index in [4.69, 9.17) is 9.47 Å². The molecule has 0 aliphatic heterocycles. The van der Waals surface area contributed by atoms with E-state index in [0.29, 0.717) is 12.2 Å². The molecule has 8 heavy (non-hydrogen) atoms. The number of ether oxygens (including phenoxy) is 2. The second kappa shape index (κ2) is 2.46. The summed E-state index contributed by atoms with van der Waals surface area (Å²) in [5.41, 5.74) is 0. The molecule has 2 nitrogen and oxygen atoms in total. The van der Waals surface area contributed by atoms with Gasteiger partial charge in [0.1, 0.15) is 0 Å². The lowest BCUT2D eigenvalue weighted by Crippen LogP contribution is -2.39. The van der Waals surface area contributed by atoms with Gasteiger partial charge in [-0.25, -0.2) is 0 Å². The first-order valence-corrected chi connectivity index (χ1v) is 2.94. The first kappa shape index (κ1) is 6.05. The van der Waals surface area contributed by atoms with Gasteiger partial charge in [0, 0.05) is 14.2 Å². The average molecular weight is 116 g/mol. The molecule has 0 saturated heterocycles. The molecule has 0 aromatic heterocycles. The fourth-order valence-electron chi connectivity index (χ4n) is 0.978. The molecular formula is C6H12O2. The first-order valence-electron chi connectivity index (χ1n) is 2.94. The van der Waals surface area contributed by atoms with E-state index in [1.807, 2.05) is 0 Å². The monoisotopic (exact) mass is 116 g/mol. The Labute approximate surface area is 49.8 Å². The zero-order valence-corrected chi connectivity index (χ0v) is 5.39. The minimum absolute atomic E-state index is 0.375. The van der Waals surface area contributed by atoms with E-state index in [1.165, 1.54) is 0 Å². The Hall–Kier alpha value is -0.0800. The summed E-state index contributed by atoms with van der Waals surface area (Å²) in [5, 5.41) is 0. The summed E-state index contributed by atoms with van der Waals surface area (Å²) in [4.78, 5) is 0. The van der Waals surface area contributed by atoms with Gasteiger partial charge in [-0.3, -0.25) is 0 Å². The van der Waals surface area contributed by atoms with E-state index in [9.17, 15) is 0 Å². The molecule has 1 saturated carbocycles. The van der Waals surface area contributed by atoms with Crippen LogP contribution in [-0.2, 0) is 9.47 Å². The van der Waals surface area contributed by atoms with Crippen molar-refractivity contribution in [2.75, 3.05) is 14.2 Å².